The van der Waals surface area contributed by atoms with E-state index < -0.39 is 0 Å². The van der Waals surface area contributed by atoms with E-state index in [0.717, 1.165) is 11.3 Å². The molecule has 1 unspecified atom stereocenters. The molecule has 0 spiro atoms. The van der Waals surface area contributed by atoms with Crippen LogP contribution >= 0.6 is 0 Å². The second-order valence-electron chi connectivity index (χ2n) is 5.54. The molecule has 1 atom stereocenters. The highest BCUT2D eigenvalue weighted by Crippen LogP contribution is 2.19. The molecule has 25 heavy (non-hydrogen) atoms. The van der Waals surface area contributed by atoms with Crippen LogP contribution in [0.4, 0.5) is 10.1 Å². The summed E-state index contributed by atoms with van der Waals surface area (Å²) >= 11 is 0. The van der Waals surface area contributed by atoms with E-state index in [0.29, 0.717) is 5.69 Å². The molecule has 1 aromatic heterocycles. The van der Waals surface area contributed by atoms with E-state index in [1.165, 1.54) is 12.1 Å². The average Bonchev–Trinajstić information content (AvgIpc) is 2.64. The number of halogens is 1. The zero-order chi connectivity index (χ0) is 17.5. The maximum atomic E-state index is 13.2. The molecule has 0 bridgehead atoms. The van der Waals surface area contributed by atoms with Crippen LogP contribution in [0.2, 0.25) is 0 Å². The molecular weight excluding hydrogens is 317 g/mol. The number of carbonyl (C=O) groups excluding carboxylic acids is 1. The lowest BCUT2D eigenvalue weighted by atomic mass is 10.0. The van der Waals surface area contributed by atoms with Crippen LogP contribution in [0.1, 0.15) is 17.3 Å². The Hall–Kier alpha value is -3.05. The number of anilines is 1. The molecule has 1 heterocycles. The van der Waals surface area contributed by atoms with Crippen LogP contribution in [0.3, 0.4) is 0 Å². The average molecular weight is 335 g/mol. The molecule has 4 nitrogen and oxygen atoms in total. The Balaban J connectivity index is 1.70. The van der Waals surface area contributed by atoms with Crippen molar-refractivity contribution in [3.05, 3.63) is 96.1 Å². The number of amides is 1. The van der Waals surface area contributed by atoms with E-state index in [2.05, 4.69) is 15.6 Å². The monoisotopic (exact) mass is 335 g/mol. The fourth-order valence-corrected chi connectivity index (χ4v) is 2.55. The fraction of sp³-hybridized carbons (Fsp3) is 0.100. The molecule has 3 aromatic rings. The van der Waals surface area contributed by atoms with Gasteiger partial charge in [-0.1, -0.05) is 42.5 Å². The standard InChI is InChI=1S/C20H18FN3O/c21-16-9-6-10-17(13-16)24-19(25)14-23-20(15-7-2-1-3-8-15)18-11-4-5-12-22-18/h1-13,20,23H,14H2,(H,24,25). The lowest BCUT2D eigenvalue weighted by Gasteiger charge is -2.18. The van der Waals surface area contributed by atoms with Gasteiger partial charge in [0.2, 0.25) is 5.91 Å². The Morgan fingerprint density at radius 3 is 2.52 bits per heavy atom. The van der Waals surface area contributed by atoms with Gasteiger partial charge >= 0.3 is 0 Å². The Morgan fingerprint density at radius 1 is 1.00 bits per heavy atom. The van der Waals surface area contributed by atoms with Crippen LogP contribution in [0.5, 0.6) is 0 Å². The lowest BCUT2D eigenvalue weighted by molar-refractivity contribution is -0.115. The minimum Gasteiger partial charge on any atom is -0.325 e. The van der Waals surface area contributed by atoms with Crippen molar-refractivity contribution in [3.63, 3.8) is 0 Å². The zero-order valence-corrected chi connectivity index (χ0v) is 13.5. The van der Waals surface area contributed by atoms with Crippen molar-refractivity contribution in [2.45, 2.75) is 6.04 Å². The van der Waals surface area contributed by atoms with Gasteiger partial charge in [-0.05, 0) is 35.9 Å². The Kier molecular flexibility index (Phi) is 5.49. The number of pyridine rings is 1. The summed E-state index contributed by atoms with van der Waals surface area (Å²) in [6.07, 6.45) is 1.72. The van der Waals surface area contributed by atoms with Crippen molar-refractivity contribution >= 4 is 11.6 Å². The molecule has 126 valence electrons. The number of nitrogens with zero attached hydrogens (tertiary/aromatic N) is 1. The van der Waals surface area contributed by atoms with Gasteiger partial charge in [0.15, 0.2) is 0 Å². The summed E-state index contributed by atoms with van der Waals surface area (Å²) in [6, 6.07) is 21.1. The zero-order valence-electron chi connectivity index (χ0n) is 13.5. The van der Waals surface area contributed by atoms with Gasteiger partial charge < -0.3 is 5.32 Å². The van der Waals surface area contributed by atoms with E-state index in [9.17, 15) is 9.18 Å². The van der Waals surface area contributed by atoms with Crippen LogP contribution in [0.25, 0.3) is 0 Å². The molecule has 0 saturated carbocycles. The number of benzene rings is 2. The molecule has 0 saturated heterocycles. The highest BCUT2D eigenvalue weighted by atomic mass is 19.1. The van der Waals surface area contributed by atoms with Crippen LogP contribution in [-0.2, 0) is 4.79 Å². The van der Waals surface area contributed by atoms with Gasteiger partial charge in [0.25, 0.3) is 0 Å². The van der Waals surface area contributed by atoms with Gasteiger partial charge in [-0.3, -0.25) is 15.1 Å². The number of nitrogens with one attached hydrogen (secondary N) is 2. The van der Waals surface area contributed by atoms with Gasteiger partial charge in [-0.15, -0.1) is 0 Å². The quantitative estimate of drug-likeness (QED) is 0.724. The first-order valence-corrected chi connectivity index (χ1v) is 7.97. The second-order valence-corrected chi connectivity index (χ2v) is 5.54. The second kappa shape index (κ2) is 8.17. The summed E-state index contributed by atoms with van der Waals surface area (Å²) < 4.78 is 13.2. The summed E-state index contributed by atoms with van der Waals surface area (Å²) in [7, 11) is 0. The van der Waals surface area contributed by atoms with Crippen LogP contribution < -0.4 is 10.6 Å². The highest BCUT2D eigenvalue weighted by Gasteiger charge is 2.16. The predicted octanol–water partition coefficient (Wildman–Crippen LogP) is 3.54. The topological polar surface area (TPSA) is 54.0 Å². The van der Waals surface area contributed by atoms with Gasteiger partial charge in [0, 0.05) is 11.9 Å². The van der Waals surface area contributed by atoms with E-state index in [4.69, 9.17) is 0 Å². The first-order valence-electron chi connectivity index (χ1n) is 7.97. The third-order valence-electron chi connectivity index (χ3n) is 3.69. The van der Waals surface area contributed by atoms with Crippen molar-refractivity contribution < 1.29 is 9.18 Å². The maximum absolute atomic E-state index is 13.2. The van der Waals surface area contributed by atoms with Gasteiger partial charge in [-0.25, -0.2) is 4.39 Å². The van der Waals surface area contributed by atoms with Gasteiger partial charge in [-0.2, -0.15) is 0 Å². The fourth-order valence-electron chi connectivity index (χ4n) is 2.55. The number of aromatic nitrogens is 1. The number of hydrogen-bond donors (Lipinski definition) is 2. The summed E-state index contributed by atoms with van der Waals surface area (Å²) in [5, 5.41) is 5.90. The molecule has 0 aliphatic carbocycles. The maximum Gasteiger partial charge on any atom is 0.238 e. The number of rotatable bonds is 6. The third kappa shape index (κ3) is 4.71. The molecule has 3 rings (SSSR count). The van der Waals surface area contributed by atoms with E-state index in [1.54, 1.807) is 18.3 Å². The molecule has 2 aromatic carbocycles. The molecule has 0 fully saturated rings. The predicted molar refractivity (Wildman–Crippen MR) is 95.6 cm³/mol. The van der Waals surface area contributed by atoms with Gasteiger partial charge in [0.1, 0.15) is 5.82 Å². The molecule has 1 amide bonds. The molecule has 0 aliphatic heterocycles. The third-order valence-corrected chi connectivity index (χ3v) is 3.69. The van der Waals surface area contributed by atoms with E-state index in [1.807, 2.05) is 48.5 Å². The minimum absolute atomic E-state index is 0.0760. The molecular formula is C20H18FN3O. The van der Waals surface area contributed by atoms with Gasteiger partial charge in [0.05, 0.1) is 18.3 Å². The number of carbonyl (C=O) groups is 1. The lowest BCUT2D eigenvalue weighted by Crippen LogP contribution is -2.32. The van der Waals surface area contributed by atoms with Crippen molar-refractivity contribution in [3.8, 4) is 0 Å². The Labute approximate surface area is 145 Å². The first-order chi connectivity index (χ1) is 12.2. The van der Waals surface area contributed by atoms with Crippen molar-refractivity contribution in [1.29, 1.82) is 0 Å². The Morgan fingerprint density at radius 2 is 1.80 bits per heavy atom. The van der Waals surface area contributed by atoms with Crippen LogP contribution in [0, 0.1) is 5.82 Å². The smallest absolute Gasteiger partial charge is 0.238 e. The summed E-state index contributed by atoms with van der Waals surface area (Å²) in [6.45, 7) is 0.0760. The number of hydrogen-bond acceptors (Lipinski definition) is 3. The summed E-state index contributed by atoms with van der Waals surface area (Å²) in [5.74, 6) is -0.635. The summed E-state index contributed by atoms with van der Waals surface area (Å²) in [4.78, 5) is 16.6. The molecule has 0 aliphatic rings. The molecule has 0 radical (unpaired) electrons. The largest absolute Gasteiger partial charge is 0.325 e. The van der Waals surface area contributed by atoms with E-state index in [-0.39, 0.29) is 24.3 Å². The SMILES string of the molecule is O=C(CNC(c1ccccc1)c1ccccn1)Nc1cccc(F)c1. The minimum atomic E-state index is -0.388. The summed E-state index contributed by atoms with van der Waals surface area (Å²) in [5.41, 5.74) is 2.27. The highest BCUT2D eigenvalue weighted by molar-refractivity contribution is 5.92. The van der Waals surface area contributed by atoms with Crippen LogP contribution in [-0.4, -0.2) is 17.4 Å². The van der Waals surface area contributed by atoms with E-state index >= 15 is 0 Å². The van der Waals surface area contributed by atoms with Crippen LogP contribution in [0.15, 0.2) is 79.0 Å². The van der Waals surface area contributed by atoms with Crippen molar-refractivity contribution in [2.24, 2.45) is 0 Å². The Bertz CT molecular complexity index is 785. The normalized spacial score (nSPS) is 11.7. The van der Waals surface area contributed by atoms with Crippen molar-refractivity contribution in [2.75, 3.05) is 11.9 Å². The molecule has 5 heteroatoms. The molecule has 2 N–H and O–H groups in total. The first kappa shape index (κ1) is 16.8. The van der Waals surface area contributed by atoms with Crippen molar-refractivity contribution in [1.82, 2.24) is 10.3 Å².